The molecule has 9 heavy (non-hydrogen) atoms. The van der Waals surface area contributed by atoms with Crippen molar-refractivity contribution in [2.24, 2.45) is 5.92 Å². The van der Waals surface area contributed by atoms with Crippen molar-refractivity contribution < 1.29 is 8.42 Å². The fourth-order valence-corrected chi connectivity index (χ4v) is 1.73. The highest BCUT2D eigenvalue weighted by Gasteiger charge is 2.13. The minimum Gasteiger partial charge on any atom is -0.227 e. The molecule has 3 heteroatoms. The van der Waals surface area contributed by atoms with Crippen LogP contribution in [0.1, 0.15) is 19.8 Å². The Labute approximate surface area is 56.5 Å². The van der Waals surface area contributed by atoms with E-state index in [1.807, 2.05) is 6.08 Å². The molecule has 0 bridgehead atoms. The van der Waals surface area contributed by atoms with Crippen molar-refractivity contribution in [1.29, 1.82) is 0 Å². The number of hydrogen-bond acceptors (Lipinski definition) is 2. The fraction of sp³-hybridized carbons (Fsp3) is 0.667. The van der Waals surface area contributed by atoms with Crippen molar-refractivity contribution in [2.45, 2.75) is 19.8 Å². The Kier molecular flexibility index (Phi) is 1.90. The Bertz CT molecular complexity index is 195. The van der Waals surface area contributed by atoms with Crippen LogP contribution < -0.4 is 0 Å². The van der Waals surface area contributed by atoms with Crippen molar-refractivity contribution in [2.75, 3.05) is 0 Å². The normalized spacial score (nSPS) is 26.9. The van der Waals surface area contributed by atoms with Gasteiger partial charge in [-0.15, -0.1) is 0 Å². The molecular formula is C6H10O2S. The van der Waals surface area contributed by atoms with Crippen LogP contribution in [0.4, 0.5) is 0 Å². The van der Waals surface area contributed by atoms with Gasteiger partial charge in [0.1, 0.15) is 0 Å². The molecule has 1 rings (SSSR count). The molecule has 0 spiro atoms. The lowest BCUT2D eigenvalue weighted by Gasteiger charge is -1.94. The van der Waals surface area contributed by atoms with Crippen LogP contribution in [0, 0.1) is 5.92 Å². The number of rotatable bonds is 1. The number of hydrogen-bond donors (Lipinski definition) is 1. The standard InChI is InChI=1S/C6H10O2S/c1-5-2-3-6(4-5)9(7)8/h3,5,9H,2,4H2,1H3. The Morgan fingerprint density at radius 3 is 2.56 bits per heavy atom. The van der Waals surface area contributed by atoms with Gasteiger partial charge in [0, 0.05) is 4.91 Å². The first kappa shape index (κ1) is 6.81. The fourth-order valence-electron chi connectivity index (χ4n) is 1.01. The predicted octanol–water partition coefficient (Wildman–Crippen LogP) is 0.912. The molecule has 2 nitrogen and oxygen atoms in total. The first-order valence-corrected chi connectivity index (χ1v) is 4.21. The van der Waals surface area contributed by atoms with Gasteiger partial charge in [-0.05, 0) is 18.8 Å². The van der Waals surface area contributed by atoms with Crippen molar-refractivity contribution in [3.63, 3.8) is 0 Å². The molecule has 0 N–H and O–H groups in total. The predicted molar refractivity (Wildman–Crippen MR) is 36.8 cm³/mol. The van der Waals surface area contributed by atoms with Gasteiger partial charge in [0.2, 0.25) is 0 Å². The van der Waals surface area contributed by atoms with Crippen LogP contribution >= 0.6 is 0 Å². The van der Waals surface area contributed by atoms with Crippen LogP contribution in [0.2, 0.25) is 0 Å². The number of allylic oxidation sites excluding steroid dienone is 2. The van der Waals surface area contributed by atoms with Gasteiger partial charge in [0.15, 0.2) is 10.7 Å². The van der Waals surface area contributed by atoms with Crippen LogP contribution in [0.3, 0.4) is 0 Å². The summed E-state index contributed by atoms with van der Waals surface area (Å²) < 4.78 is 20.6. The quantitative estimate of drug-likeness (QED) is 0.558. The molecule has 0 fully saturated rings. The van der Waals surface area contributed by atoms with E-state index in [1.165, 1.54) is 0 Å². The van der Waals surface area contributed by atoms with Crippen LogP contribution in [0.25, 0.3) is 0 Å². The summed E-state index contributed by atoms with van der Waals surface area (Å²) >= 11 is 0. The second-order valence-corrected chi connectivity index (χ2v) is 3.59. The summed E-state index contributed by atoms with van der Waals surface area (Å²) in [7, 11) is -2.27. The molecule has 1 atom stereocenters. The summed E-state index contributed by atoms with van der Waals surface area (Å²) in [6, 6.07) is 0. The van der Waals surface area contributed by atoms with Gasteiger partial charge < -0.3 is 0 Å². The molecule has 0 aliphatic heterocycles. The van der Waals surface area contributed by atoms with Crippen LogP contribution in [0.15, 0.2) is 11.0 Å². The maximum atomic E-state index is 10.3. The zero-order valence-electron chi connectivity index (χ0n) is 5.33. The Morgan fingerprint density at radius 1 is 1.67 bits per heavy atom. The van der Waals surface area contributed by atoms with E-state index in [4.69, 9.17) is 0 Å². The highest BCUT2D eigenvalue weighted by atomic mass is 32.2. The minimum absolute atomic E-state index is 0.535. The zero-order valence-corrected chi connectivity index (χ0v) is 6.23. The molecule has 1 aliphatic carbocycles. The number of thiol groups is 1. The van der Waals surface area contributed by atoms with Gasteiger partial charge >= 0.3 is 0 Å². The molecule has 0 saturated heterocycles. The molecule has 0 aromatic carbocycles. The third kappa shape index (κ3) is 1.55. The lowest BCUT2D eigenvalue weighted by molar-refractivity contribution is 0.607. The van der Waals surface area contributed by atoms with Gasteiger partial charge in [0.05, 0.1) is 0 Å². The molecule has 0 aromatic rings. The molecular weight excluding hydrogens is 136 g/mol. The maximum absolute atomic E-state index is 10.3. The first-order chi connectivity index (χ1) is 4.20. The molecule has 52 valence electrons. The van der Waals surface area contributed by atoms with E-state index in [1.54, 1.807) is 0 Å². The zero-order chi connectivity index (χ0) is 6.85. The van der Waals surface area contributed by atoms with Gasteiger partial charge in [0.25, 0.3) is 0 Å². The minimum atomic E-state index is -2.27. The van der Waals surface area contributed by atoms with Gasteiger partial charge in [-0.25, -0.2) is 8.42 Å². The second kappa shape index (κ2) is 2.52. The van der Waals surface area contributed by atoms with E-state index in [0.29, 0.717) is 10.8 Å². The summed E-state index contributed by atoms with van der Waals surface area (Å²) in [4.78, 5) is 0.623. The van der Waals surface area contributed by atoms with E-state index < -0.39 is 10.7 Å². The Morgan fingerprint density at radius 2 is 2.33 bits per heavy atom. The van der Waals surface area contributed by atoms with Gasteiger partial charge in [-0.1, -0.05) is 13.0 Å². The molecule has 0 saturated carbocycles. The molecule has 0 heterocycles. The molecule has 0 amide bonds. The average molecular weight is 146 g/mol. The molecule has 1 unspecified atom stereocenters. The summed E-state index contributed by atoms with van der Waals surface area (Å²) in [5, 5.41) is 0. The smallest absolute Gasteiger partial charge is 0.164 e. The Balaban J connectivity index is 2.66. The lowest BCUT2D eigenvalue weighted by atomic mass is 10.1. The largest absolute Gasteiger partial charge is 0.227 e. The summed E-state index contributed by atoms with van der Waals surface area (Å²) in [6.07, 6.45) is 3.49. The van der Waals surface area contributed by atoms with Crippen LogP contribution in [-0.4, -0.2) is 8.42 Å². The third-order valence-corrected chi connectivity index (χ3v) is 2.38. The van der Waals surface area contributed by atoms with E-state index in [-0.39, 0.29) is 0 Å². The average Bonchev–Trinajstić information content (AvgIpc) is 2.14. The van der Waals surface area contributed by atoms with Gasteiger partial charge in [-0.2, -0.15) is 0 Å². The molecule has 0 aromatic heterocycles. The van der Waals surface area contributed by atoms with Crippen molar-refractivity contribution in [3.8, 4) is 0 Å². The summed E-state index contributed by atoms with van der Waals surface area (Å²) in [6.45, 7) is 2.06. The van der Waals surface area contributed by atoms with E-state index in [9.17, 15) is 8.42 Å². The SMILES string of the molecule is CC1CC=C([SH](=O)=O)C1. The van der Waals surface area contributed by atoms with E-state index >= 15 is 0 Å². The topological polar surface area (TPSA) is 34.1 Å². The Hall–Kier alpha value is -0.310. The highest BCUT2D eigenvalue weighted by molar-refractivity contribution is 7.76. The van der Waals surface area contributed by atoms with Crippen molar-refractivity contribution in [1.82, 2.24) is 0 Å². The van der Waals surface area contributed by atoms with E-state index in [2.05, 4.69) is 6.92 Å². The summed E-state index contributed by atoms with van der Waals surface area (Å²) in [5.74, 6) is 0.535. The second-order valence-electron chi connectivity index (χ2n) is 2.50. The highest BCUT2D eigenvalue weighted by Crippen LogP contribution is 2.23. The molecule has 1 aliphatic rings. The lowest BCUT2D eigenvalue weighted by Crippen LogP contribution is -1.86. The van der Waals surface area contributed by atoms with Crippen molar-refractivity contribution >= 4 is 10.7 Å². The first-order valence-electron chi connectivity index (χ1n) is 3.03. The van der Waals surface area contributed by atoms with Crippen molar-refractivity contribution in [3.05, 3.63) is 11.0 Å². The maximum Gasteiger partial charge on any atom is 0.164 e. The van der Waals surface area contributed by atoms with Crippen LogP contribution in [-0.2, 0) is 10.7 Å². The summed E-state index contributed by atoms with van der Waals surface area (Å²) in [5.41, 5.74) is 0. The van der Waals surface area contributed by atoms with Gasteiger partial charge in [-0.3, -0.25) is 0 Å². The molecule has 0 radical (unpaired) electrons. The monoisotopic (exact) mass is 146 g/mol. The van der Waals surface area contributed by atoms with E-state index in [0.717, 1.165) is 12.8 Å². The third-order valence-electron chi connectivity index (χ3n) is 1.55. The van der Waals surface area contributed by atoms with Crippen LogP contribution in [0.5, 0.6) is 0 Å².